The molecule has 4 aromatic rings. The van der Waals surface area contributed by atoms with Crippen LogP contribution in [0.2, 0.25) is 0 Å². The maximum atomic E-state index is 14.6. The van der Waals surface area contributed by atoms with Gasteiger partial charge in [-0.05, 0) is 42.3 Å². The van der Waals surface area contributed by atoms with Crippen LogP contribution in [0.5, 0.6) is 5.75 Å². The van der Waals surface area contributed by atoms with Crippen LogP contribution in [-0.2, 0) is 6.42 Å². The second-order valence-corrected chi connectivity index (χ2v) is 8.09. The van der Waals surface area contributed by atoms with Gasteiger partial charge in [0.25, 0.3) is 0 Å². The number of anilines is 1. The Kier molecular flexibility index (Phi) is 5.61. The van der Waals surface area contributed by atoms with Crippen molar-refractivity contribution in [1.29, 1.82) is 5.26 Å². The maximum absolute atomic E-state index is 14.6. The quantitative estimate of drug-likeness (QED) is 0.455. The van der Waals surface area contributed by atoms with E-state index in [0.717, 1.165) is 43.9 Å². The topological polar surface area (TPSA) is 79.9 Å². The highest BCUT2D eigenvalue weighted by Crippen LogP contribution is 2.26. The normalized spacial score (nSPS) is 14.4. The summed E-state index contributed by atoms with van der Waals surface area (Å²) >= 11 is 0. The lowest BCUT2D eigenvalue weighted by atomic mass is 10.1. The molecule has 0 atom stereocenters. The first kappa shape index (κ1) is 20.9. The number of piperidine rings is 1. The van der Waals surface area contributed by atoms with E-state index in [-0.39, 0.29) is 6.10 Å². The van der Waals surface area contributed by atoms with E-state index < -0.39 is 5.82 Å². The molecule has 0 bridgehead atoms. The van der Waals surface area contributed by atoms with Crippen LogP contribution in [0.1, 0.15) is 30.9 Å². The minimum Gasteiger partial charge on any atom is -0.489 e. The fourth-order valence-corrected chi connectivity index (χ4v) is 4.13. The van der Waals surface area contributed by atoms with Gasteiger partial charge in [0, 0.05) is 49.9 Å². The van der Waals surface area contributed by atoms with Crippen LogP contribution in [0, 0.1) is 17.1 Å². The van der Waals surface area contributed by atoms with E-state index in [1.165, 1.54) is 6.07 Å². The molecule has 0 saturated carbocycles. The second kappa shape index (κ2) is 8.87. The molecule has 8 heteroatoms. The lowest BCUT2D eigenvalue weighted by Crippen LogP contribution is -2.39. The molecule has 33 heavy (non-hydrogen) atoms. The number of hydrogen-bond donors (Lipinski definition) is 0. The zero-order valence-corrected chi connectivity index (χ0v) is 18.3. The van der Waals surface area contributed by atoms with Gasteiger partial charge in [0.1, 0.15) is 23.5 Å². The van der Waals surface area contributed by atoms with E-state index in [1.807, 2.05) is 30.6 Å². The van der Waals surface area contributed by atoms with Crippen molar-refractivity contribution < 1.29 is 9.13 Å². The molecule has 7 nitrogen and oxygen atoms in total. The van der Waals surface area contributed by atoms with Gasteiger partial charge in [-0.15, -0.1) is 0 Å². The summed E-state index contributed by atoms with van der Waals surface area (Å²) in [6, 6.07) is 10.3. The summed E-state index contributed by atoms with van der Waals surface area (Å²) in [4.78, 5) is 15.6. The van der Waals surface area contributed by atoms with E-state index in [2.05, 4.69) is 26.8 Å². The summed E-state index contributed by atoms with van der Waals surface area (Å²) in [6.45, 7) is 3.76. The number of benzene rings is 1. The summed E-state index contributed by atoms with van der Waals surface area (Å²) in [5.74, 6) is 1.59. The number of halogens is 1. The van der Waals surface area contributed by atoms with Gasteiger partial charge in [-0.1, -0.05) is 6.92 Å². The molecule has 4 heterocycles. The number of aryl methyl sites for hydroxylation is 1. The summed E-state index contributed by atoms with van der Waals surface area (Å²) in [5.41, 5.74) is 1.83. The minimum atomic E-state index is -0.448. The number of rotatable bonds is 5. The SMILES string of the molecule is CCc1cnc(N2CCC(Oc3ccc(-n4ccc5cc(C#N)cc(F)c54)nc3)CC2)nc1. The van der Waals surface area contributed by atoms with Crippen LogP contribution >= 0.6 is 0 Å². The zero-order chi connectivity index (χ0) is 22.8. The van der Waals surface area contributed by atoms with Crippen molar-refractivity contribution in [2.75, 3.05) is 18.0 Å². The van der Waals surface area contributed by atoms with Gasteiger partial charge in [0.05, 0.1) is 23.3 Å². The Morgan fingerprint density at radius 2 is 1.88 bits per heavy atom. The fraction of sp³-hybridized carbons (Fsp3) is 0.280. The first-order valence-electron chi connectivity index (χ1n) is 11.0. The van der Waals surface area contributed by atoms with E-state index in [4.69, 9.17) is 10.00 Å². The van der Waals surface area contributed by atoms with Gasteiger partial charge >= 0.3 is 0 Å². The van der Waals surface area contributed by atoms with Crippen molar-refractivity contribution in [2.45, 2.75) is 32.3 Å². The molecule has 0 unspecified atom stereocenters. The summed E-state index contributed by atoms with van der Waals surface area (Å²) in [6.07, 6.45) is 9.97. The first-order valence-corrected chi connectivity index (χ1v) is 11.0. The van der Waals surface area contributed by atoms with Crippen LogP contribution in [0.3, 0.4) is 0 Å². The highest BCUT2D eigenvalue weighted by molar-refractivity contribution is 5.83. The summed E-state index contributed by atoms with van der Waals surface area (Å²) in [7, 11) is 0. The van der Waals surface area contributed by atoms with Gasteiger partial charge in [0.15, 0.2) is 0 Å². The Morgan fingerprint density at radius 1 is 1.09 bits per heavy atom. The van der Waals surface area contributed by atoms with E-state index in [0.29, 0.717) is 28.0 Å². The number of hydrogen-bond acceptors (Lipinski definition) is 6. The third-order valence-corrected chi connectivity index (χ3v) is 5.96. The van der Waals surface area contributed by atoms with E-state index >= 15 is 0 Å². The number of aromatic nitrogens is 4. The smallest absolute Gasteiger partial charge is 0.225 e. The number of pyridine rings is 1. The predicted molar refractivity (Wildman–Crippen MR) is 123 cm³/mol. The molecular weight excluding hydrogens is 419 g/mol. The molecule has 0 spiro atoms. The van der Waals surface area contributed by atoms with Gasteiger partial charge in [-0.2, -0.15) is 5.26 Å². The number of ether oxygens (including phenoxy) is 1. The predicted octanol–water partition coefficient (Wildman–Crippen LogP) is 4.44. The summed E-state index contributed by atoms with van der Waals surface area (Å²) in [5, 5.41) is 9.70. The average molecular weight is 442 g/mol. The molecule has 5 rings (SSSR count). The number of fused-ring (bicyclic) bond motifs is 1. The highest BCUT2D eigenvalue weighted by Gasteiger charge is 2.22. The molecule has 166 valence electrons. The lowest BCUT2D eigenvalue weighted by molar-refractivity contribution is 0.170. The lowest BCUT2D eigenvalue weighted by Gasteiger charge is -2.32. The number of nitrogens with zero attached hydrogens (tertiary/aromatic N) is 6. The minimum absolute atomic E-state index is 0.0954. The molecule has 1 aliphatic heterocycles. The van der Waals surface area contributed by atoms with Crippen molar-refractivity contribution in [2.24, 2.45) is 0 Å². The standard InChI is InChI=1S/C25H23FN6O/c1-2-17-14-29-25(30-15-17)31-8-6-20(7-9-31)33-21-3-4-23(28-16-21)32-10-5-19-11-18(13-27)12-22(26)24(19)32/h3-5,10-12,14-16,20H,2,6-9H2,1H3. The van der Waals surface area contributed by atoms with Gasteiger partial charge in [-0.25, -0.2) is 19.3 Å². The largest absolute Gasteiger partial charge is 0.489 e. The Morgan fingerprint density at radius 3 is 2.55 bits per heavy atom. The Balaban J connectivity index is 1.24. The molecule has 1 aromatic carbocycles. The monoisotopic (exact) mass is 442 g/mol. The van der Waals surface area contributed by atoms with Gasteiger partial charge in [0.2, 0.25) is 5.95 Å². The fourth-order valence-electron chi connectivity index (χ4n) is 4.13. The molecule has 0 radical (unpaired) electrons. The van der Waals surface area contributed by atoms with Crippen molar-refractivity contribution in [3.8, 4) is 17.6 Å². The first-order chi connectivity index (χ1) is 16.1. The number of nitriles is 1. The highest BCUT2D eigenvalue weighted by atomic mass is 19.1. The van der Waals surface area contributed by atoms with Crippen LogP contribution in [-0.4, -0.2) is 38.7 Å². The molecule has 1 fully saturated rings. The van der Waals surface area contributed by atoms with Crippen molar-refractivity contribution in [1.82, 2.24) is 19.5 Å². The zero-order valence-electron chi connectivity index (χ0n) is 18.3. The maximum Gasteiger partial charge on any atom is 0.225 e. The molecule has 0 aliphatic carbocycles. The summed E-state index contributed by atoms with van der Waals surface area (Å²) < 4.78 is 22.4. The Hall–Kier alpha value is -3.99. The van der Waals surface area contributed by atoms with Crippen molar-refractivity contribution in [3.05, 3.63) is 72.1 Å². The van der Waals surface area contributed by atoms with Crippen LogP contribution in [0.4, 0.5) is 10.3 Å². The Bertz CT molecular complexity index is 1300. The molecule has 1 saturated heterocycles. The van der Waals surface area contributed by atoms with Crippen molar-refractivity contribution >= 4 is 16.9 Å². The second-order valence-electron chi connectivity index (χ2n) is 8.09. The van der Waals surface area contributed by atoms with Crippen LogP contribution < -0.4 is 9.64 Å². The third kappa shape index (κ3) is 4.22. The van der Waals surface area contributed by atoms with Crippen molar-refractivity contribution in [3.63, 3.8) is 0 Å². The molecule has 3 aromatic heterocycles. The van der Waals surface area contributed by atoms with E-state index in [1.54, 1.807) is 29.1 Å². The molecule has 0 amide bonds. The van der Waals surface area contributed by atoms with Crippen LogP contribution in [0.25, 0.3) is 16.7 Å². The van der Waals surface area contributed by atoms with Gasteiger partial charge in [-0.3, -0.25) is 4.57 Å². The van der Waals surface area contributed by atoms with Gasteiger partial charge < -0.3 is 9.64 Å². The van der Waals surface area contributed by atoms with Crippen LogP contribution in [0.15, 0.2) is 55.1 Å². The average Bonchev–Trinajstić information content (AvgIpc) is 3.30. The Labute approximate surface area is 191 Å². The third-order valence-electron chi connectivity index (χ3n) is 5.96. The molecular formula is C25H23FN6O. The molecule has 0 N–H and O–H groups in total. The molecule has 1 aliphatic rings. The van der Waals surface area contributed by atoms with E-state index in [9.17, 15) is 4.39 Å².